The van der Waals surface area contributed by atoms with Gasteiger partial charge in [0.1, 0.15) is 11.9 Å². The fraction of sp³-hybridized carbons (Fsp3) is 0.222. The second-order valence-electron chi connectivity index (χ2n) is 3.45. The van der Waals surface area contributed by atoms with Crippen molar-refractivity contribution in [3.63, 3.8) is 0 Å². The zero-order valence-electron chi connectivity index (χ0n) is 8.71. The zero-order valence-corrected chi connectivity index (χ0v) is 8.71. The SMILES string of the molecule is O=C1NC(=O)NC(c2cccc(C(F)(F)F)n2)N1. The fourth-order valence-corrected chi connectivity index (χ4v) is 1.39. The number of rotatable bonds is 1. The van der Waals surface area contributed by atoms with Gasteiger partial charge in [-0.15, -0.1) is 0 Å². The Balaban J connectivity index is 2.28. The Labute approximate surface area is 98.6 Å². The van der Waals surface area contributed by atoms with Crippen molar-refractivity contribution < 1.29 is 22.8 Å². The van der Waals surface area contributed by atoms with Crippen molar-refractivity contribution in [1.82, 2.24) is 20.9 Å². The summed E-state index contributed by atoms with van der Waals surface area (Å²) in [6.07, 6.45) is -5.68. The lowest BCUT2D eigenvalue weighted by Crippen LogP contribution is -2.57. The predicted octanol–water partition coefficient (Wildman–Crippen LogP) is 1.12. The molecule has 1 aliphatic heterocycles. The van der Waals surface area contributed by atoms with Gasteiger partial charge >= 0.3 is 18.2 Å². The Kier molecular flexibility index (Phi) is 2.81. The molecule has 6 nitrogen and oxygen atoms in total. The van der Waals surface area contributed by atoms with E-state index in [-0.39, 0.29) is 5.69 Å². The molecule has 3 N–H and O–H groups in total. The maximum Gasteiger partial charge on any atom is 0.433 e. The standard InChI is InChI=1S/C9H7F3N4O2/c10-9(11,12)5-3-1-2-4(13-5)6-14-7(17)16-8(18)15-6/h1-3,6H,(H3,14,15,16,17,18). The molecule has 2 rings (SSSR count). The van der Waals surface area contributed by atoms with Crippen LogP contribution in [0.2, 0.25) is 0 Å². The number of aromatic nitrogens is 1. The quantitative estimate of drug-likeness (QED) is 0.707. The molecule has 0 aromatic carbocycles. The van der Waals surface area contributed by atoms with E-state index in [9.17, 15) is 22.8 Å². The molecule has 0 aliphatic carbocycles. The third-order valence-corrected chi connectivity index (χ3v) is 2.13. The first kappa shape index (κ1) is 12.1. The van der Waals surface area contributed by atoms with Crippen LogP contribution in [0.3, 0.4) is 0 Å². The molecule has 96 valence electrons. The summed E-state index contributed by atoms with van der Waals surface area (Å²) in [5.74, 6) is 0. The van der Waals surface area contributed by atoms with Gasteiger partial charge in [-0.1, -0.05) is 6.07 Å². The number of pyridine rings is 1. The number of hydrogen-bond donors (Lipinski definition) is 3. The molecule has 0 spiro atoms. The summed E-state index contributed by atoms with van der Waals surface area (Å²) in [7, 11) is 0. The molecule has 1 aromatic heterocycles. The highest BCUT2D eigenvalue weighted by Gasteiger charge is 2.33. The highest BCUT2D eigenvalue weighted by atomic mass is 19.4. The van der Waals surface area contributed by atoms with Crippen LogP contribution in [-0.2, 0) is 6.18 Å². The van der Waals surface area contributed by atoms with Crippen LogP contribution in [0.5, 0.6) is 0 Å². The fourth-order valence-electron chi connectivity index (χ4n) is 1.39. The van der Waals surface area contributed by atoms with E-state index < -0.39 is 30.1 Å². The van der Waals surface area contributed by atoms with Crippen molar-refractivity contribution in [2.75, 3.05) is 0 Å². The summed E-state index contributed by atoms with van der Waals surface area (Å²) in [5.41, 5.74) is -1.20. The Morgan fingerprint density at radius 3 is 2.28 bits per heavy atom. The minimum atomic E-state index is -4.59. The van der Waals surface area contributed by atoms with Crippen molar-refractivity contribution in [3.8, 4) is 0 Å². The number of imide groups is 1. The second-order valence-corrected chi connectivity index (χ2v) is 3.45. The molecular formula is C9H7F3N4O2. The lowest BCUT2D eigenvalue weighted by molar-refractivity contribution is -0.141. The van der Waals surface area contributed by atoms with Gasteiger partial charge in [-0.3, -0.25) is 5.32 Å². The molecule has 9 heteroatoms. The number of hydrogen-bond acceptors (Lipinski definition) is 3. The third kappa shape index (κ3) is 2.50. The van der Waals surface area contributed by atoms with E-state index in [4.69, 9.17) is 0 Å². The second kappa shape index (κ2) is 4.17. The van der Waals surface area contributed by atoms with E-state index in [0.29, 0.717) is 0 Å². The summed E-state index contributed by atoms with van der Waals surface area (Å²) in [6.45, 7) is 0. The summed E-state index contributed by atoms with van der Waals surface area (Å²) in [4.78, 5) is 25.4. The Bertz CT molecular complexity index is 487. The number of carbonyl (C=O) groups is 2. The Hall–Kier alpha value is -2.32. The van der Waals surface area contributed by atoms with Crippen LogP contribution in [0.4, 0.5) is 22.8 Å². The number of amides is 4. The molecule has 0 bridgehead atoms. The number of urea groups is 2. The first-order valence-corrected chi connectivity index (χ1v) is 4.78. The molecule has 1 aromatic rings. The van der Waals surface area contributed by atoms with Crippen molar-refractivity contribution in [1.29, 1.82) is 0 Å². The minimum Gasteiger partial charge on any atom is -0.312 e. The van der Waals surface area contributed by atoms with Crippen molar-refractivity contribution in [3.05, 3.63) is 29.6 Å². The van der Waals surface area contributed by atoms with Crippen LogP contribution in [0.15, 0.2) is 18.2 Å². The molecule has 1 aliphatic rings. The Morgan fingerprint density at radius 1 is 1.11 bits per heavy atom. The van der Waals surface area contributed by atoms with Gasteiger partial charge in [0.15, 0.2) is 0 Å². The van der Waals surface area contributed by atoms with Crippen molar-refractivity contribution in [2.45, 2.75) is 12.3 Å². The summed E-state index contributed by atoms with van der Waals surface area (Å²) < 4.78 is 37.3. The smallest absolute Gasteiger partial charge is 0.312 e. The lowest BCUT2D eigenvalue weighted by Gasteiger charge is -2.24. The highest BCUT2D eigenvalue weighted by molar-refractivity contribution is 5.95. The van der Waals surface area contributed by atoms with Gasteiger partial charge in [-0.2, -0.15) is 13.2 Å². The number of nitrogens with one attached hydrogen (secondary N) is 3. The summed E-state index contributed by atoms with van der Waals surface area (Å²) in [5, 5.41) is 6.33. The number of nitrogens with zero attached hydrogens (tertiary/aromatic N) is 1. The summed E-state index contributed by atoms with van der Waals surface area (Å²) in [6, 6.07) is 1.61. The van der Waals surface area contributed by atoms with E-state index in [1.807, 2.05) is 5.32 Å². The number of alkyl halides is 3. The van der Waals surface area contributed by atoms with Gasteiger partial charge in [-0.05, 0) is 12.1 Å². The first-order valence-electron chi connectivity index (χ1n) is 4.78. The van der Waals surface area contributed by atoms with E-state index >= 15 is 0 Å². The molecule has 18 heavy (non-hydrogen) atoms. The van der Waals surface area contributed by atoms with Crippen LogP contribution in [0.25, 0.3) is 0 Å². The van der Waals surface area contributed by atoms with Crippen LogP contribution in [0.1, 0.15) is 17.6 Å². The van der Waals surface area contributed by atoms with Crippen LogP contribution in [0, 0.1) is 0 Å². The van der Waals surface area contributed by atoms with Gasteiger partial charge in [-0.25, -0.2) is 14.6 Å². The minimum absolute atomic E-state index is 0.104. The van der Waals surface area contributed by atoms with Gasteiger partial charge in [0.2, 0.25) is 0 Å². The van der Waals surface area contributed by atoms with Crippen LogP contribution >= 0.6 is 0 Å². The van der Waals surface area contributed by atoms with Gasteiger partial charge < -0.3 is 10.6 Å². The summed E-state index contributed by atoms with van der Waals surface area (Å²) >= 11 is 0. The molecule has 4 amide bonds. The van der Waals surface area contributed by atoms with E-state index in [1.165, 1.54) is 6.07 Å². The van der Waals surface area contributed by atoms with E-state index in [1.54, 1.807) is 0 Å². The molecule has 2 heterocycles. The highest BCUT2D eigenvalue weighted by Crippen LogP contribution is 2.28. The van der Waals surface area contributed by atoms with E-state index in [2.05, 4.69) is 15.6 Å². The molecule has 0 saturated carbocycles. The molecule has 0 unspecified atom stereocenters. The maximum atomic E-state index is 12.4. The van der Waals surface area contributed by atoms with Crippen molar-refractivity contribution in [2.24, 2.45) is 0 Å². The zero-order chi connectivity index (χ0) is 13.3. The lowest BCUT2D eigenvalue weighted by atomic mass is 10.2. The maximum absolute atomic E-state index is 12.4. The third-order valence-electron chi connectivity index (χ3n) is 2.13. The first-order chi connectivity index (χ1) is 8.36. The van der Waals surface area contributed by atoms with Gasteiger partial charge in [0.25, 0.3) is 0 Å². The molecule has 0 radical (unpaired) electrons. The monoisotopic (exact) mass is 260 g/mol. The predicted molar refractivity (Wildman–Crippen MR) is 52.2 cm³/mol. The van der Waals surface area contributed by atoms with Crippen LogP contribution < -0.4 is 16.0 Å². The largest absolute Gasteiger partial charge is 0.433 e. The average molecular weight is 260 g/mol. The van der Waals surface area contributed by atoms with E-state index in [0.717, 1.165) is 12.1 Å². The average Bonchev–Trinajstić information content (AvgIpc) is 2.27. The molecular weight excluding hydrogens is 253 g/mol. The molecule has 1 saturated heterocycles. The topological polar surface area (TPSA) is 83.1 Å². The number of carbonyl (C=O) groups excluding carboxylic acids is 2. The Morgan fingerprint density at radius 2 is 1.72 bits per heavy atom. The van der Waals surface area contributed by atoms with Gasteiger partial charge in [0, 0.05) is 0 Å². The van der Waals surface area contributed by atoms with Crippen molar-refractivity contribution >= 4 is 12.1 Å². The molecule has 0 atom stereocenters. The van der Waals surface area contributed by atoms with Gasteiger partial charge in [0.05, 0.1) is 5.69 Å². The molecule has 1 fully saturated rings. The number of halogens is 3. The normalized spacial score (nSPS) is 16.8. The van der Waals surface area contributed by atoms with Crippen LogP contribution in [-0.4, -0.2) is 17.0 Å².